The predicted molar refractivity (Wildman–Crippen MR) is 121 cm³/mol. The largest absolute Gasteiger partial charge is 0.491 e. The van der Waals surface area contributed by atoms with Gasteiger partial charge in [-0.05, 0) is 37.1 Å². The monoisotopic (exact) mass is 443 g/mol. The predicted octanol–water partition coefficient (Wildman–Crippen LogP) is 3.17. The van der Waals surface area contributed by atoms with E-state index in [0.717, 1.165) is 6.54 Å². The van der Waals surface area contributed by atoms with Crippen molar-refractivity contribution < 1.29 is 23.5 Å². The van der Waals surface area contributed by atoms with E-state index in [-0.39, 0.29) is 29.5 Å². The summed E-state index contributed by atoms with van der Waals surface area (Å²) in [4.78, 5) is 27.2. The molecule has 2 amide bonds. The van der Waals surface area contributed by atoms with Crippen molar-refractivity contribution in [1.29, 1.82) is 0 Å². The van der Waals surface area contributed by atoms with Crippen molar-refractivity contribution in [2.75, 3.05) is 39.2 Å². The van der Waals surface area contributed by atoms with E-state index in [2.05, 4.69) is 17.6 Å². The summed E-state index contributed by atoms with van der Waals surface area (Å²) in [6.07, 6.45) is -0.119. The normalized spacial score (nSPS) is 22.2. The maximum atomic E-state index is 13.9. The first-order valence-electron chi connectivity index (χ1n) is 10.6. The molecule has 1 aliphatic rings. The molecular weight excluding hydrogens is 413 g/mol. The molecule has 0 radical (unpaired) electrons. The number of nitrogens with zero attached hydrogens (tertiary/aromatic N) is 1. The molecule has 0 aliphatic carbocycles. The van der Waals surface area contributed by atoms with Gasteiger partial charge in [-0.15, -0.1) is 0 Å². The molecule has 7 nitrogen and oxygen atoms in total. The van der Waals surface area contributed by atoms with E-state index in [4.69, 9.17) is 9.47 Å². The van der Waals surface area contributed by atoms with Crippen LogP contribution < -0.4 is 15.4 Å². The number of anilines is 1. The van der Waals surface area contributed by atoms with Crippen molar-refractivity contribution >= 4 is 17.5 Å². The van der Waals surface area contributed by atoms with Gasteiger partial charge in [-0.1, -0.05) is 19.1 Å². The SMILES string of the molecule is CO[C@@H]1CN(C)C(=O)c2ccc(NC(=O)c3ccccc3F)cc2OC[C@H](C)NC[C@H]1C. The average molecular weight is 444 g/mol. The van der Waals surface area contributed by atoms with Gasteiger partial charge in [0.15, 0.2) is 0 Å². The zero-order valence-electron chi connectivity index (χ0n) is 18.9. The maximum absolute atomic E-state index is 13.9. The Labute approximate surface area is 187 Å². The minimum atomic E-state index is -0.605. The molecule has 0 bridgehead atoms. The molecule has 0 saturated carbocycles. The van der Waals surface area contributed by atoms with Gasteiger partial charge in [-0.3, -0.25) is 9.59 Å². The van der Waals surface area contributed by atoms with Gasteiger partial charge in [0, 0.05) is 45.0 Å². The molecule has 1 heterocycles. The fourth-order valence-corrected chi connectivity index (χ4v) is 3.58. The Morgan fingerprint density at radius 3 is 2.72 bits per heavy atom. The van der Waals surface area contributed by atoms with Crippen LogP contribution in [-0.2, 0) is 4.74 Å². The van der Waals surface area contributed by atoms with Crippen molar-refractivity contribution in [2.45, 2.75) is 26.0 Å². The van der Waals surface area contributed by atoms with Crippen LogP contribution in [-0.4, -0.2) is 62.7 Å². The number of carbonyl (C=O) groups excluding carboxylic acids is 2. The van der Waals surface area contributed by atoms with Crippen LogP contribution in [0.1, 0.15) is 34.6 Å². The third kappa shape index (κ3) is 5.63. The van der Waals surface area contributed by atoms with E-state index in [0.29, 0.717) is 30.2 Å². The van der Waals surface area contributed by atoms with E-state index in [1.165, 1.54) is 18.2 Å². The van der Waals surface area contributed by atoms with Gasteiger partial charge in [0.1, 0.15) is 18.2 Å². The number of benzene rings is 2. The summed E-state index contributed by atoms with van der Waals surface area (Å²) in [7, 11) is 3.37. The van der Waals surface area contributed by atoms with E-state index in [1.807, 2.05) is 6.92 Å². The summed E-state index contributed by atoms with van der Waals surface area (Å²) in [5.41, 5.74) is 0.727. The topological polar surface area (TPSA) is 79.9 Å². The molecule has 32 heavy (non-hydrogen) atoms. The summed E-state index contributed by atoms with van der Waals surface area (Å²) in [5, 5.41) is 6.10. The fraction of sp³-hybridized carbons (Fsp3) is 0.417. The molecule has 3 atom stereocenters. The minimum absolute atomic E-state index is 0.0340. The Morgan fingerprint density at radius 2 is 2.00 bits per heavy atom. The standard InChI is InChI=1S/C24H30FN3O4/c1-15-12-26-16(2)14-32-21-11-17(27-23(29)18-7-5-6-8-20(18)25)9-10-19(21)24(30)28(3)13-22(15)31-4/h5-11,15-16,22,26H,12-14H2,1-4H3,(H,27,29)/t15-,16+,22-/m1/s1. The number of halogens is 1. The van der Waals surface area contributed by atoms with Crippen LogP contribution in [0.3, 0.4) is 0 Å². The molecule has 2 aromatic carbocycles. The zero-order chi connectivity index (χ0) is 23.3. The van der Waals surface area contributed by atoms with Crippen LogP contribution >= 0.6 is 0 Å². The second-order valence-corrected chi connectivity index (χ2v) is 8.20. The summed E-state index contributed by atoms with van der Waals surface area (Å²) >= 11 is 0. The highest BCUT2D eigenvalue weighted by Crippen LogP contribution is 2.26. The molecule has 172 valence electrons. The second kappa shape index (κ2) is 10.6. The highest BCUT2D eigenvalue weighted by atomic mass is 19.1. The molecule has 2 aromatic rings. The van der Waals surface area contributed by atoms with Crippen LogP contribution in [0.4, 0.5) is 10.1 Å². The van der Waals surface area contributed by atoms with E-state index in [1.54, 1.807) is 43.3 Å². The number of ether oxygens (including phenoxy) is 2. The fourth-order valence-electron chi connectivity index (χ4n) is 3.58. The summed E-state index contributed by atoms with van der Waals surface area (Å²) in [6, 6.07) is 10.6. The smallest absolute Gasteiger partial charge is 0.258 e. The number of fused-ring (bicyclic) bond motifs is 1. The lowest BCUT2D eigenvalue weighted by Crippen LogP contribution is -2.44. The summed E-state index contributed by atoms with van der Waals surface area (Å²) in [6.45, 7) is 5.56. The first-order valence-corrected chi connectivity index (χ1v) is 10.6. The van der Waals surface area contributed by atoms with E-state index < -0.39 is 11.7 Å². The lowest BCUT2D eigenvalue weighted by Gasteiger charge is -2.30. The number of likely N-dealkylation sites (N-methyl/N-ethyl adjacent to an activating group) is 1. The van der Waals surface area contributed by atoms with Gasteiger partial charge in [-0.2, -0.15) is 0 Å². The number of rotatable bonds is 3. The number of hydrogen-bond acceptors (Lipinski definition) is 5. The molecule has 2 N–H and O–H groups in total. The maximum Gasteiger partial charge on any atom is 0.258 e. The Balaban J connectivity index is 1.88. The van der Waals surface area contributed by atoms with Gasteiger partial charge in [0.05, 0.1) is 17.2 Å². The molecule has 0 spiro atoms. The number of carbonyl (C=O) groups is 2. The highest BCUT2D eigenvalue weighted by Gasteiger charge is 2.25. The number of hydrogen-bond donors (Lipinski definition) is 2. The quantitative estimate of drug-likeness (QED) is 0.762. The van der Waals surface area contributed by atoms with Crippen LogP contribution in [0.5, 0.6) is 5.75 Å². The van der Waals surface area contributed by atoms with Crippen molar-refractivity contribution in [3.05, 3.63) is 59.4 Å². The average Bonchev–Trinajstić information content (AvgIpc) is 2.78. The van der Waals surface area contributed by atoms with Gasteiger partial charge in [-0.25, -0.2) is 4.39 Å². The lowest BCUT2D eigenvalue weighted by atomic mass is 10.0. The van der Waals surface area contributed by atoms with E-state index >= 15 is 0 Å². The number of methoxy groups -OCH3 is 1. The minimum Gasteiger partial charge on any atom is -0.491 e. The van der Waals surface area contributed by atoms with Crippen LogP contribution in [0.25, 0.3) is 0 Å². The molecule has 0 saturated heterocycles. The van der Waals surface area contributed by atoms with Gasteiger partial charge < -0.3 is 25.0 Å². The lowest BCUT2D eigenvalue weighted by molar-refractivity contribution is 0.0281. The van der Waals surface area contributed by atoms with Gasteiger partial charge in [0.2, 0.25) is 0 Å². The highest BCUT2D eigenvalue weighted by molar-refractivity contribution is 6.05. The van der Waals surface area contributed by atoms with Crippen LogP contribution in [0, 0.1) is 11.7 Å². The molecule has 1 aliphatic heterocycles. The number of amides is 2. The van der Waals surface area contributed by atoms with Crippen LogP contribution in [0.2, 0.25) is 0 Å². The molecule has 3 rings (SSSR count). The Hall–Kier alpha value is -2.97. The summed E-state index contributed by atoms with van der Waals surface area (Å²) < 4.78 is 25.5. The van der Waals surface area contributed by atoms with Crippen molar-refractivity contribution in [1.82, 2.24) is 10.2 Å². The summed E-state index contributed by atoms with van der Waals surface area (Å²) in [5.74, 6) is -0.836. The zero-order valence-corrected chi connectivity index (χ0v) is 18.9. The second-order valence-electron chi connectivity index (χ2n) is 8.20. The third-order valence-electron chi connectivity index (χ3n) is 5.60. The Kier molecular flexibility index (Phi) is 7.82. The number of nitrogens with one attached hydrogen (secondary N) is 2. The molecular formula is C24H30FN3O4. The third-order valence-corrected chi connectivity index (χ3v) is 5.60. The molecule has 0 fully saturated rings. The van der Waals surface area contributed by atoms with Gasteiger partial charge in [0.25, 0.3) is 11.8 Å². The first kappa shape index (κ1) is 23.7. The Morgan fingerprint density at radius 1 is 1.25 bits per heavy atom. The molecule has 0 aromatic heterocycles. The molecule has 8 heteroatoms. The van der Waals surface area contributed by atoms with Crippen LogP contribution in [0.15, 0.2) is 42.5 Å². The molecule has 0 unspecified atom stereocenters. The van der Waals surface area contributed by atoms with Crippen molar-refractivity contribution in [3.63, 3.8) is 0 Å². The van der Waals surface area contributed by atoms with Crippen molar-refractivity contribution in [2.24, 2.45) is 5.92 Å². The van der Waals surface area contributed by atoms with E-state index in [9.17, 15) is 14.0 Å². The van der Waals surface area contributed by atoms with Crippen molar-refractivity contribution in [3.8, 4) is 5.75 Å². The van der Waals surface area contributed by atoms with Gasteiger partial charge >= 0.3 is 0 Å². The Bertz CT molecular complexity index is 968. The first-order chi connectivity index (χ1) is 15.3.